The molecule has 0 bridgehead atoms. The SMILES string of the molecule is C=C(C(=O)OCC)c1ccc(Nc2ncnc3ccsc23)cc1. The highest BCUT2D eigenvalue weighted by molar-refractivity contribution is 7.17. The van der Waals surface area contributed by atoms with Gasteiger partial charge in [-0.05, 0) is 36.1 Å². The summed E-state index contributed by atoms with van der Waals surface area (Å²) in [4.78, 5) is 20.2. The largest absolute Gasteiger partial charge is 0.462 e. The van der Waals surface area contributed by atoms with Crippen LogP contribution in [0.4, 0.5) is 11.5 Å². The molecule has 2 heterocycles. The number of rotatable bonds is 5. The van der Waals surface area contributed by atoms with Crippen molar-refractivity contribution >= 4 is 44.6 Å². The van der Waals surface area contributed by atoms with Gasteiger partial charge >= 0.3 is 5.97 Å². The zero-order valence-electron chi connectivity index (χ0n) is 12.6. The van der Waals surface area contributed by atoms with Crippen molar-refractivity contribution in [2.75, 3.05) is 11.9 Å². The Hall–Kier alpha value is -2.73. The lowest BCUT2D eigenvalue weighted by Crippen LogP contribution is -2.05. The average Bonchev–Trinajstić information content (AvgIpc) is 3.05. The van der Waals surface area contributed by atoms with Crippen molar-refractivity contribution in [3.8, 4) is 0 Å². The van der Waals surface area contributed by atoms with Crippen molar-refractivity contribution in [3.63, 3.8) is 0 Å². The number of esters is 1. The van der Waals surface area contributed by atoms with Crippen LogP contribution in [0.2, 0.25) is 0 Å². The van der Waals surface area contributed by atoms with Crippen molar-refractivity contribution in [2.24, 2.45) is 0 Å². The maximum Gasteiger partial charge on any atom is 0.338 e. The quantitative estimate of drug-likeness (QED) is 0.567. The predicted octanol–water partition coefficient (Wildman–Crippen LogP) is 4.01. The molecule has 0 spiro atoms. The Balaban J connectivity index is 1.79. The number of benzene rings is 1. The highest BCUT2D eigenvalue weighted by Gasteiger charge is 2.10. The minimum atomic E-state index is -0.399. The van der Waals surface area contributed by atoms with E-state index >= 15 is 0 Å². The molecular formula is C17H15N3O2S. The van der Waals surface area contributed by atoms with Crippen LogP contribution in [0.5, 0.6) is 0 Å². The summed E-state index contributed by atoms with van der Waals surface area (Å²) in [5.41, 5.74) is 2.87. The summed E-state index contributed by atoms with van der Waals surface area (Å²) in [6, 6.07) is 9.37. The van der Waals surface area contributed by atoms with Gasteiger partial charge in [0.25, 0.3) is 0 Å². The van der Waals surface area contributed by atoms with E-state index in [0.717, 1.165) is 27.3 Å². The number of carbonyl (C=O) groups is 1. The van der Waals surface area contributed by atoms with Gasteiger partial charge in [0.15, 0.2) is 5.82 Å². The van der Waals surface area contributed by atoms with E-state index in [1.807, 2.05) is 35.7 Å². The third-order valence-corrected chi connectivity index (χ3v) is 4.17. The van der Waals surface area contributed by atoms with Crippen molar-refractivity contribution < 1.29 is 9.53 Å². The fourth-order valence-electron chi connectivity index (χ4n) is 2.11. The highest BCUT2D eigenvalue weighted by atomic mass is 32.1. The van der Waals surface area contributed by atoms with E-state index in [9.17, 15) is 4.79 Å². The van der Waals surface area contributed by atoms with Crippen LogP contribution >= 0.6 is 11.3 Å². The molecule has 0 radical (unpaired) electrons. The van der Waals surface area contributed by atoms with Gasteiger partial charge in [-0.2, -0.15) is 0 Å². The van der Waals surface area contributed by atoms with Crippen LogP contribution in [0.25, 0.3) is 15.8 Å². The van der Waals surface area contributed by atoms with Crippen LogP contribution in [0.15, 0.2) is 48.6 Å². The fourth-order valence-corrected chi connectivity index (χ4v) is 2.90. The third kappa shape index (κ3) is 3.22. The van der Waals surface area contributed by atoms with Gasteiger partial charge in [0.05, 0.1) is 22.4 Å². The van der Waals surface area contributed by atoms with Gasteiger partial charge in [0, 0.05) is 5.69 Å². The lowest BCUT2D eigenvalue weighted by molar-refractivity contribution is -0.136. The first-order valence-corrected chi connectivity index (χ1v) is 7.98. The number of anilines is 2. The van der Waals surface area contributed by atoms with Crippen molar-refractivity contribution in [1.29, 1.82) is 0 Å². The summed E-state index contributed by atoms with van der Waals surface area (Å²) in [5.74, 6) is 0.367. The molecule has 116 valence electrons. The van der Waals surface area contributed by atoms with E-state index in [4.69, 9.17) is 4.74 Å². The number of fused-ring (bicyclic) bond motifs is 1. The molecule has 0 saturated heterocycles. The molecule has 5 nitrogen and oxygen atoms in total. The maximum absolute atomic E-state index is 11.7. The second-order valence-corrected chi connectivity index (χ2v) is 5.67. The normalized spacial score (nSPS) is 10.5. The Bertz CT molecular complexity index is 856. The molecular weight excluding hydrogens is 310 g/mol. The van der Waals surface area contributed by atoms with Crippen LogP contribution in [0.3, 0.4) is 0 Å². The second kappa shape index (κ2) is 6.58. The fraction of sp³-hybridized carbons (Fsp3) is 0.118. The van der Waals surface area contributed by atoms with E-state index < -0.39 is 5.97 Å². The summed E-state index contributed by atoms with van der Waals surface area (Å²) in [5, 5.41) is 5.25. The highest BCUT2D eigenvalue weighted by Crippen LogP contribution is 2.28. The number of ether oxygens (including phenoxy) is 1. The van der Waals surface area contributed by atoms with Gasteiger partial charge in [-0.15, -0.1) is 11.3 Å². The standard InChI is InChI=1S/C17H15N3O2S/c1-3-22-17(21)11(2)12-4-6-13(7-5-12)20-16-15-14(8-9-23-15)18-10-19-16/h4-10H,2-3H2,1H3,(H,18,19,20). The molecule has 23 heavy (non-hydrogen) atoms. The van der Waals surface area contributed by atoms with Crippen LogP contribution < -0.4 is 5.32 Å². The van der Waals surface area contributed by atoms with Gasteiger partial charge in [-0.25, -0.2) is 14.8 Å². The Labute approximate surface area is 137 Å². The monoisotopic (exact) mass is 325 g/mol. The van der Waals surface area contributed by atoms with Gasteiger partial charge < -0.3 is 10.1 Å². The minimum Gasteiger partial charge on any atom is -0.462 e. The number of hydrogen-bond donors (Lipinski definition) is 1. The Morgan fingerprint density at radius 2 is 2.04 bits per heavy atom. The number of aromatic nitrogens is 2. The maximum atomic E-state index is 11.7. The summed E-state index contributed by atoms with van der Waals surface area (Å²) in [7, 11) is 0. The molecule has 0 aliphatic heterocycles. The molecule has 1 aromatic carbocycles. The van der Waals surface area contributed by atoms with E-state index in [-0.39, 0.29) is 0 Å². The summed E-state index contributed by atoms with van der Waals surface area (Å²) < 4.78 is 5.96. The lowest BCUT2D eigenvalue weighted by Gasteiger charge is -2.08. The van der Waals surface area contributed by atoms with Crippen LogP contribution in [0, 0.1) is 0 Å². The molecule has 0 saturated carbocycles. The van der Waals surface area contributed by atoms with E-state index in [2.05, 4.69) is 21.9 Å². The van der Waals surface area contributed by atoms with Crippen molar-refractivity contribution in [2.45, 2.75) is 6.92 Å². The van der Waals surface area contributed by atoms with Gasteiger partial charge in [0.2, 0.25) is 0 Å². The van der Waals surface area contributed by atoms with Gasteiger partial charge in [-0.1, -0.05) is 18.7 Å². The first kappa shape index (κ1) is 15.2. The topological polar surface area (TPSA) is 64.1 Å². The van der Waals surface area contributed by atoms with Crippen LogP contribution in [0.1, 0.15) is 12.5 Å². The predicted molar refractivity (Wildman–Crippen MR) is 92.8 cm³/mol. The first-order valence-electron chi connectivity index (χ1n) is 7.10. The number of nitrogens with one attached hydrogen (secondary N) is 1. The molecule has 6 heteroatoms. The Morgan fingerprint density at radius 1 is 1.26 bits per heavy atom. The number of carbonyl (C=O) groups excluding carboxylic acids is 1. The van der Waals surface area contributed by atoms with Crippen LogP contribution in [-0.4, -0.2) is 22.5 Å². The summed E-state index contributed by atoms with van der Waals surface area (Å²) in [6.45, 7) is 5.88. The minimum absolute atomic E-state index is 0.335. The molecule has 2 aromatic heterocycles. The molecule has 3 rings (SSSR count). The van der Waals surface area contributed by atoms with E-state index in [1.165, 1.54) is 6.33 Å². The molecule has 1 N–H and O–H groups in total. The molecule has 0 aliphatic carbocycles. The Kier molecular flexibility index (Phi) is 4.34. The number of hydrogen-bond acceptors (Lipinski definition) is 6. The van der Waals surface area contributed by atoms with Gasteiger partial charge in [-0.3, -0.25) is 0 Å². The van der Waals surface area contributed by atoms with Crippen LogP contribution in [-0.2, 0) is 9.53 Å². The second-order valence-electron chi connectivity index (χ2n) is 4.76. The lowest BCUT2D eigenvalue weighted by atomic mass is 10.1. The summed E-state index contributed by atoms with van der Waals surface area (Å²) >= 11 is 1.59. The molecule has 0 amide bonds. The molecule has 0 aliphatic rings. The number of nitrogens with zero attached hydrogens (tertiary/aromatic N) is 2. The summed E-state index contributed by atoms with van der Waals surface area (Å²) in [6.07, 6.45) is 1.54. The van der Waals surface area contributed by atoms with Crippen molar-refractivity contribution in [1.82, 2.24) is 9.97 Å². The molecule has 0 fully saturated rings. The van der Waals surface area contributed by atoms with Gasteiger partial charge in [0.1, 0.15) is 6.33 Å². The number of thiophene rings is 1. The van der Waals surface area contributed by atoms with E-state index in [0.29, 0.717) is 12.2 Å². The molecule has 0 unspecified atom stereocenters. The zero-order chi connectivity index (χ0) is 16.2. The zero-order valence-corrected chi connectivity index (χ0v) is 13.4. The van der Waals surface area contributed by atoms with Crippen molar-refractivity contribution in [3.05, 3.63) is 54.2 Å². The smallest absolute Gasteiger partial charge is 0.338 e. The first-order chi connectivity index (χ1) is 11.2. The average molecular weight is 325 g/mol. The van der Waals surface area contributed by atoms with E-state index in [1.54, 1.807) is 18.3 Å². The molecule has 0 atom stereocenters. The third-order valence-electron chi connectivity index (χ3n) is 3.26. The Morgan fingerprint density at radius 3 is 2.78 bits per heavy atom. The molecule has 3 aromatic rings.